The number of benzene rings is 1. The van der Waals surface area contributed by atoms with Gasteiger partial charge < -0.3 is 20.1 Å². The normalized spacial score (nSPS) is 18.2. The maximum absolute atomic E-state index is 12.3. The van der Waals surface area contributed by atoms with Crippen LogP contribution in [0.2, 0.25) is 0 Å². The van der Waals surface area contributed by atoms with Crippen molar-refractivity contribution in [2.75, 3.05) is 19.0 Å². The molecule has 0 bridgehead atoms. The number of hydrogen-bond acceptors (Lipinski definition) is 3. The van der Waals surface area contributed by atoms with E-state index in [1.165, 1.54) is 4.90 Å². The monoisotopic (exact) mass is 356 g/mol. The number of carboxylic acid groups (broad SMARTS) is 1. The Kier molecular flexibility index (Phi) is 5.06. The van der Waals surface area contributed by atoms with Gasteiger partial charge in [0.1, 0.15) is 11.8 Å². The van der Waals surface area contributed by atoms with Crippen LogP contribution in [-0.4, -0.2) is 41.7 Å². The molecule has 1 fully saturated rings. The maximum atomic E-state index is 12.3. The van der Waals surface area contributed by atoms with Gasteiger partial charge in [0.15, 0.2) is 0 Å². The first kappa shape index (κ1) is 15.6. The van der Waals surface area contributed by atoms with Crippen molar-refractivity contribution in [1.29, 1.82) is 0 Å². The van der Waals surface area contributed by atoms with Crippen LogP contribution in [-0.2, 0) is 4.79 Å². The van der Waals surface area contributed by atoms with Gasteiger partial charge in [-0.25, -0.2) is 9.59 Å². The minimum Gasteiger partial charge on any atom is -0.496 e. The van der Waals surface area contributed by atoms with Crippen molar-refractivity contribution in [2.45, 2.75) is 25.3 Å². The first-order chi connectivity index (χ1) is 10.0. The molecule has 2 rings (SSSR count). The SMILES string of the molecule is COc1ccc(NC(=O)N2CCCCC2C(=O)O)cc1Br. The van der Waals surface area contributed by atoms with Gasteiger partial charge in [0, 0.05) is 12.2 Å². The van der Waals surface area contributed by atoms with Gasteiger partial charge in [-0.3, -0.25) is 0 Å². The highest BCUT2D eigenvalue weighted by molar-refractivity contribution is 9.10. The van der Waals surface area contributed by atoms with Crippen molar-refractivity contribution in [3.05, 3.63) is 22.7 Å². The van der Waals surface area contributed by atoms with Crippen molar-refractivity contribution < 1.29 is 19.4 Å². The molecule has 1 atom stereocenters. The summed E-state index contributed by atoms with van der Waals surface area (Å²) < 4.78 is 5.84. The molecule has 1 saturated heterocycles. The van der Waals surface area contributed by atoms with Crippen LogP contribution in [0.5, 0.6) is 5.75 Å². The number of anilines is 1. The number of methoxy groups -OCH3 is 1. The molecule has 1 aliphatic heterocycles. The lowest BCUT2D eigenvalue weighted by Crippen LogP contribution is -2.49. The minimum atomic E-state index is -0.958. The second kappa shape index (κ2) is 6.80. The van der Waals surface area contributed by atoms with Crippen LogP contribution in [0.4, 0.5) is 10.5 Å². The van der Waals surface area contributed by atoms with Gasteiger partial charge in [0.25, 0.3) is 0 Å². The lowest BCUT2D eigenvalue weighted by atomic mass is 10.0. The van der Waals surface area contributed by atoms with Gasteiger partial charge in [-0.2, -0.15) is 0 Å². The fourth-order valence-corrected chi connectivity index (χ4v) is 2.91. The zero-order valence-electron chi connectivity index (χ0n) is 11.6. The third-order valence-corrected chi connectivity index (χ3v) is 4.07. The summed E-state index contributed by atoms with van der Waals surface area (Å²) >= 11 is 3.34. The van der Waals surface area contributed by atoms with E-state index in [-0.39, 0.29) is 6.03 Å². The van der Waals surface area contributed by atoms with E-state index in [9.17, 15) is 14.7 Å². The molecule has 2 amide bonds. The number of piperidine rings is 1. The molecule has 0 aliphatic carbocycles. The van der Waals surface area contributed by atoms with Crippen molar-refractivity contribution in [3.63, 3.8) is 0 Å². The molecule has 21 heavy (non-hydrogen) atoms. The number of nitrogens with zero attached hydrogens (tertiary/aromatic N) is 1. The smallest absolute Gasteiger partial charge is 0.326 e. The third-order valence-electron chi connectivity index (χ3n) is 3.45. The van der Waals surface area contributed by atoms with E-state index in [0.717, 1.165) is 17.3 Å². The Hall–Kier alpha value is -1.76. The first-order valence-corrected chi connectivity index (χ1v) is 7.46. The summed E-state index contributed by atoms with van der Waals surface area (Å²) in [5, 5.41) is 11.9. The quantitative estimate of drug-likeness (QED) is 0.872. The maximum Gasteiger partial charge on any atom is 0.326 e. The van der Waals surface area contributed by atoms with Gasteiger partial charge in [-0.1, -0.05) is 0 Å². The van der Waals surface area contributed by atoms with Crippen LogP contribution < -0.4 is 10.1 Å². The fourth-order valence-electron chi connectivity index (χ4n) is 2.37. The number of urea groups is 1. The highest BCUT2D eigenvalue weighted by atomic mass is 79.9. The van der Waals surface area contributed by atoms with Crippen LogP contribution in [0.15, 0.2) is 22.7 Å². The zero-order valence-corrected chi connectivity index (χ0v) is 13.2. The number of carbonyl (C=O) groups is 2. The summed E-state index contributed by atoms with van der Waals surface area (Å²) in [5.74, 6) is -0.296. The van der Waals surface area contributed by atoms with Gasteiger partial charge in [-0.05, 0) is 53.4 Å². The van der Waals surface area contributed by atoms with Crippen LogP contribution in [0, 0.1) is 0 Å². The summed E-state index contributed by atoms with van der Waals surface area (Å²) in [6, 6.07) is 4.02. The lowest BCUT2D eigenvalue weighted by molar-refractivity contribution is -0.143. The van der Waals surface area contributed by atoms with Gasteiger partial charge in [-0.15, -0.1) is 0 Å². The Morgan fingerprint density at radius 2 is 2.19 bits per heavy atom. The molecule has 2 N–H and O–H groups in total. The first-order valence-electron chi connectivity index (χ1n) is 6.67. The van der Waals surface area contributed by atoms with E-state index in [2.05, 4.69) is 21.2 Å². The highest BCUT2D eigenvalue weighted by Crippen LogP contribution is 2.28. The number of nitrogens with one attached hydrogen (secondary N) is 1. The summed E-state index contributed by atoms with van der Waals surface area (Å²) in [6.07, 6.45) is 2.15. The van der Waals surface area contributed by atoms with Gasteiger partial charge in [0.05, 0.1) is 11.6 Å². The van der Waals surface area contributed by atoms with Gasteiger partial charge >= 0.3 is 12.0 Å². The Bertz CT molecular complexity index is 550. The number of halogens is 1. The number of rotatable bonds is 3. The number of amides is 2. The molecule has 1 aromatic rings. The van der Waals surface area contributed by atoms with Crippen molar-refractivity contribution in [1.82, 2.24) is 4.90 Å². The molecule has 1 aromatic carbocycles. The number of ether oxygens (including phenoxy) is 1. The van der Waals surface area contributed by atoms with Gasteiger partial charge in [0.2, 0.25) is 0 Å². The van der Waals surface area contributed by atoms with E-state index in [1.54, 1.807) is 25.3 Å². The second-order valence-electron chi connectivity index (χ2n) is 4.82. The standard InChI is InChI=1S/C14H17BrN2O4/c1-21-12-6-5-9(8-10(12)15)16-14(20)17-7-3-2-4-11(17)13(18)19/h5-6,8,11H,2-4,7H2,1H3,(H,16,20)(H,18,19). The second-order valence-corrected chi connectivity index (χ2v) is 5.68. The van der Waals surface area contributed by atoms with E-state index < -0.39 is 12.0 Å². The van der Waals surface area contributed by atoms with Crippen LogP contribution in [0.25, 0.3) is 0 Å². The Morgan fingerprint density at radius 1 is 1.43 bits per heavy atom. The molecule has 0 saturated carbocycles. The molecule has 7 heteroatoms. The average Bonchev–Trinajstić information content (AvgIpc) is 2.47. The molecular weight excluding hydrogens is 340 g/mol. The molecule has 6 nitrogen and oxygen atoms in total. The topological polar surface area (TPSA) is 78.9 Å². The number of aliphatic carboxylic acids is 1. The molecule has 0 aromatic heterocycles. The summed E-state index contributed by atoms with van der Waals surface area (Å²) in [7, 11) is 1.56. The number of likely N-dealkylation sites (tertiary alicyclic amines) is 1. The third kappa shape index (κ3) is 3.66. The molecule has 0 spiro atoms. The number of hydrogen-bond donors (Lipinski definition) is 2. The highest BCUT2D eigenvalue weighted by Gasteiger charge is 2.31. The van der Waals surface area contributed by atoms with Crippen LogP contribution in [0.1, 0.15) is 19.3 Å². The zero-order chi connectivity index (χ0) is 15.4. The average molecular weight is 357 g/mol. The predicted molar refractivity (Wildman–Crippen MR) is 81.7 cm³/mol. The van der Waals surface area contributed by atoms with Crippen molar-refractivity contribution in [3.8, 4) is 5.75 Å². The van der Waals surface area contributed by atoms with Crippen LogP contribution >= 0.6 is 15.9 Å². The molecule has 1 aliphatic rings. The van der Waals surface area contributed by atoms with Crippen molar-refractivity contribution >= 4 is 33.6 Å². The van der Waals surface area contributed by atoms with E-state index in [0.29, 0.717) is 24.4 Å². The molecular formula is C14H17BrN2O4. The van der Waals surface area contributed by atoms with E-state index >= 15 is 0 Å². The lowest BCUT2D eigenvalue weighted by Gasteiger charge is -2.32. The van der Waals surface area contributed by atoms with E-state index in [4.69, 9.17) is 4.74 Å². The predicted octanol–water partition coefficient (Wildman–Crippen LogP) is 2.93. The minimum absolute atomic E-state index is 0.390. The van der Waals surface area contributed by atoms with Crippen molar-refractivity contribution in [2.24, 2.45) is 0 Å². The molecule has 1 unspecified atom stereocenters. The fraction of sp³-hybridized carbons (Fsp3) is 0.429. The Balaban J connectivity index is 2.09. The number of carbonyl (C=O) groups excluding carboxylic acids is 1. The molecule has 0 radical (unpaired) electrons. The Labute approximate surface area is 131 Å². The Morgan fingerprint density at radius 3 is 2.81 bits per heavy atom. The summed E-state index contributed by atoms with van der Waals surface area (Å²) in [5.41, 5.74) is 0.586. The molecule has 114 valence electrons. The molecule has 1 heterocycles. The van der Waals surface area contributed by atoms with Crippen LogP contribution in [0.3, 0.4) is 0 Å². The largest absolute Gasteiger partial charge is 0.496 e. The number of carboxylic acids is 1. The van der Waals surface area contributed by atoms with E-state index in [1.807, 2.05) is 0 Å². The summed E-state index contributed by atoms with van der Waals surface area (Å²) in [6.45, 7) is 0.458. The summed E-state index contributed by atoms with van der Waals surface area (Å²) in [4.78, 5) is 24.8.